The van der Waals surface area contributed by atoms with E-state index in [0.29, 0.717) is 17.1 Å². The first-order valence-electron chi connectivity index (χ1n) is 10.0. The minimum absolute atomic E-state index is 0.00385. The SMILES string of the molecule is N#CC1=C(c2ccccc2)Nc2n[nH]c(-c3ccccc3)c2C1c1ccc([N+](=O)[O-])cc1. The van der Waals surface area contributed by atoms with E-state index in [4.69, 9.17) is 0 Å². The van der Waals surface area contributed by atoms with Crippen LogP contribution in [0, 0.1) is 21.4 Å². The van der Waals surface area contributed by atoms with Gasteiger partial charge in [0.1, 0.15) is 0 Å². The first-order valence-corrected chi connectivity index (χ1v) is 10.0. The average molecular weight is 419 g/mol. The highest BCUT2D eigenvalue weighted by atomic mass is 16.6. The number of anilines is 1. The quantitative estimate of drug-likeness (QED) is 0.336. The highest BCUT2D eigenvalue weighted by Gasteiger charge is 2.35. The van der Waals surface area contributed by atoms with Gasteiger partial charge in [-0.25, -0.2) is 0 Å². The minimum atomic E-state index is -0.443. The normalized spacial score (nSPS) is 14.9. The molecule has 3 aromatic carbocycles. The summed E-state index contributed by atoms with van der Waals surface area (Å²) >= 11 is 0. The Morgan fingerprint density at radius 3 is 2.12 bits per heavy atom. The van der Waals surface area contributed by atoms with Crippen molar-refractivity contribution in [3.8, 4) is 17.3 Å². The highest BCUT2D eigenvalue weighted by Crippen LogP contribution is 2.47. The van der Waals surface area contributed by atoms with Crippen LogP contribution in [-0.2, 0) is 0 Å². The van der Waals surface area contributed by atoms with E-state index in [1.807, 2.05) is 60.7 Å². The molecule has 7 heteroatoms. The first-order chi connectivity index (χ1) is 15.7. The number of non-ortho nitro benzene ring substituents is 1. The van der Waals surface area contributed by atoms with Crippen LogP contribution < -0.4 is 5.32 Å². The van der Waals surface area contributed by atoms with E-state index in [1.54, 1.807) is 12.1 Å². The fraction of sp³-hybridized carbons (Fsp3) is 0.0400. The molecule has 7 nitrogen and oxygen atoms in total. The number of benzene rings is 3. The third-order valence-electron chi connectivity index (χ3n) is 5.58. The third kappa shape index (κ3) is 3.20. The molecule has 0 spiro atoms. The summed E-state index contributed by atoms with van der Waals surface area (Å²) in [7, 11) is 0. The van der Waals surface area contributed by atoms with Crippen molar-refractivity contribution in [2.24, 2.45) is 0 Å². The number of rotatable bonds is 4. The molecule has 0 fully saturated rings. The number of fused-ring (bicyclic) bond motifs is 1. The van der Waals surface area contributed by atoms with Crippen LogP contribution in [0.3, 0.4) is 0 Å². The molecule has 0 saturated carbocycles. The maximum atomic E-state index is 11.2. The summed E-state index contributed by atoms with van der Waals surface area (Å²) in [5.41, 5.74) is 5.43. The van der Waals surface area contributed by atoms with Gasteiger partial charge in [0.05, 0.1) is 33.9 Å². The summed E-state index contributed by atoms with van der Waals surface area (Å²) < 4.78 is 0. The predicted molar refractivity (Wildman–Crippen MR) is 122 cm³/mol. The number of hydrogen-bond donors (Lipinski definition) is 2. The number of nitro benzene ring substituents is 1. The van der Waals surface area contributed by atoms with Crippen molar-refractivity contribution in [2.45, 2.75) is 5.92 Å². The molecule has 0 radical (unpaired) electrons. The number of H-pyrrole nitrogens is 1. The summed E-state index contributed by atoms with van der Waals surface area (Å²) in [6.07, 6.45) is 0. The second-order valence-corrected chi connectivity index (χ2v) is 7.40. The topological polar surface area (TPSA) is 108 Å². The van der Waals surface area contributed by atoms with Crippen LogP contribution in [0.4, 0.5) is 11.5 Å². The number of nitrogens with zero attached hydrogens (tertiary/aromatic N) is 3. The number of nitro groups is 1. The number of hydrogen-bond acceptors (Lipinski definition) is 5. The number of aromatic nitrogens is 2. The van der Waals surface area contributed by atoms with Crippen molar-refractivity contribution in [1.82, 2.24) is 10.2 Å². The zero-order chi connectivity index (χ0) is 22.1. The average Bonchev–Trinajstić information content (AvgIpc) is 3.27. The van der Waals surface area contributed by atoms with Crippen molar-refractivity contribution in [2.75, 3.05) is 5.32 Å². The van der Waals surface area contributed by atoms with Crippen molar-refractivity contribution in [3.05, 3.63) is 117 Å². The van der Waals surface area contributed by atoms with Gasteiger partial charge in [-0.3, -0.25) is 15.2 Å². The Morgan fingerprint density at radius 2 is 1.53 bits per heavy atom. The summed E-state index contributed by atoms with van der Waals surface area (Å²) in [5, 5.41) is 32.4. The summed E-state index contributed by atoms with van der Waals surface area (Å²) in [6.45, 7) is 0. The van der Waals surface area contributed by atoms with Gasteiger partial charge in [0.15, 0.2) is 5.82 Å². The molecule has 2 heterocycles. The van der Waals surface area contributed by atoms with E-state index in [9.17, 15) is 15.4 Å². The third-order valence-corrected chi connectivity index (χ3v) is 5.58. The van der Waals surface area contributed by atoms with Gasteiger partial charge in [-0.1, -0.05) is 72.8 Å². The van der Waals surface area contributed by atoms with Gasteiger partial charge in [0, 0.05) is 17.7 Å². The van der Waals surface area contributed by atoms with Crippen LogP contribution in [0.25, 0.3) is 17.0 Å². The molecule has 0 amide bonds. The molecule has 5 rings (SSSR count). The standard InChI is InChI=1S/C25H17N5O2/c26-15-20-21(16-11-13-19(14-12-16)30(31)32)22-24(18-9-5-2-6-10-18)28-29-25(22)27-23(20)17-7-3-1-4-8-17/h1-14,21H,(H2,27,28,29). The monoisotopic (exact) mass is 419 g/mol. The van der Waals surface area contributed by atoms with Crippen LogP contribution >= 0.6 is 0 Å². The molecule has 0 bridgehead atoms. The number of allylic oxidation sites excluding steroid dienone is 1. The lowest BCUT2D eigenvalue weighted by Crippen LogP contribution is -2.17. The van der Waals surface area contributed by atoms with E-state index in [-0.39, 0.29) is 5.69 Å². The van der Waals surface area contributed by atoms with Gasteiger partial charge in [-0.05, 0) is 16.7 Å². The minimum Gasteiger partial charge on any atom is -0.337 e. The summed E-state index contributed by atoms with van der Waals surface area (Å²) in [6, 6.07) is 28.1. The van der Waals surface area contributed by atoms with Crippen LogP contribution in [-0.4, -0.2) is 15.1 Å². The molecule has 1 unspecified atom stereocenters. The lowest BCUT2D eigenvalue weighted by molar-refractivity contribution is -0.384. The Bertz CT molecular complexity index is 1370. The number of nitrogens with one attached hydrogen (secondary N) is 2. The lowest BCUT2D eigenvalue weighted by Gasteiger charge is -2.27. The van der Waals surface area contributed by atoms with Crippen molar-refractivity contribution in [3.63, 3.8) is 0 Å². The molecule has 32 heavy (non-hydrogen) atoms. The van der Waals surface area contributed by atoms with E-state index < -0.39 is 10.8 Å². The molecule has 0 aliphatic carbocycles. The van der Waals surface area contributed by atoms with Gasteiger partial charge >= 0.3 is 0 Å². The second-order valence-electron chi connectivity index (χ2n) is 7.40. The Kier molecular flexibility index (Phi) is 4.73. The highest BCUT2D eigenvalue weighted by molar-refractivity contribution is 5.89. The smallest absolute Gasteiger partial charge is 0.269 e. The zero-order valence-electron chi connectivity index (χ0n) is 16.8. The molecular formula is C25H17N5O2. The number of nitriles is 1. The van der Waals surface area contributed by atoms with Gasteiger partial charge in [-0.2, -0.15) is 10.4 Å². The van der Waals surface area contributed by atoms with E-state index in [0.717, 1.165) is 27.9 Å². The summed E-state index contributed by atoms with van der Waals surface area (Å²) in [5.74, 6) is 0.186. The molecule has 4 aromatic rings. The Hall–Kier alpha value is -4.70. The first kappa shape index (κ1) is 19.3. The van der Waals surface area contributed by atoms with Crippen LogP contribution in [0.2, 0.25) is 0 Å². The van der Waals surface area contributed by atoms with Crippen molar-refractivity contribution < 1.29 is 4.92 Å². The van der Waals surface area contributed by atoms with Crippen molar-refractivity contribution >= 4 is 17.2 Å². The molecule has 1 aliphatic rings. The Labute approximate surface area is 183 Å². The van der Waals surface area contributed by atoms with Crippen LogP contribution in [0.1, 0.15) is 22.6 Å². The maximum Gasteiger partial charge on any atom is 0.269 e. The zero-order valence-corrected chi connectivity index (χ0v) is 16.8. The largest absolute Gasteiger partial charge is 0.337 e. The van der Waals surface area contributed by atoms with Crippen LogP contribution in [0.15, 0.2) is 90.5 Å². The fourth-order valence-electron chi connectivity index (χ4n) is 4.10. The molecule has 154 valence electrons. The summed E-state index contributed by atoms with van der Waals surface area (Å²) in [4.78, 5) is 10.7. The predicted octanol–water partition coefficient (Wildman–Crippen LogP) is 5.48. The molecule has 0 saturated heterocycles. The van der Waals surface area contributed by atoms with E-state index in [2.05, 4.69) is 21.6 Å². The molecule has 1 atom stereocenters. The fourth-order valence-corrected chi connectivity index (χ4v) is 4.10. The van der Waals surface area contributed by atoms with Crippen molar-refractivity contribution in [1.29, 1.82) is 5.26 Å². The van der Waals surface area contributed by atoms with Crippen LogP contribution in [0.5, 0.6) is 0 Å². The Morgan fingerprint density at radius 1 is 0.906 bits per heavy atom. The van der Waals surface area contributed by atoms with E-state index >= 15 is 0 Å². The van der Waals surface area contributed by atoms with Gasteiger partial charge in [0.2, 0.25) is 0 Å². The maximum absolute atomic E-state index is 11.2. The van der Waals surface area contributed by atoms with Gasteiger partial charge in [-0.15, -0.1) is 0 Å². The van der Waals surface area contributed by atoms with E-state index in [1.165, 1.54) is 12.1 Å². The second kappa shape index (κ2) is 7.85. The number of aromatic amines is 1. The Balaban J connectivity index is 1.75. The molecular weight excluding hydrogens is 402 g/mol. The molecule has 2 N–H and O–H groups in total. The van der Waals surface area contributed by atoms with Gasteiger partial charge < -0.3 is 5.32 Å². The molecule has 1 aliphatic heterocycles. The molecule has 1 aromatic heterocycles. The lowest BCUT2D eigenvalue weighted by atomic mass is 9.80. The van der Waals surface area contributed by atoms with Gasteiger partial charge in [0.25, 0.3) is 5.69 Å².